The van der Waals surface area contributed by atoms with Gasteiger partial charge >= 0.3 is 5.97 Å². The Morgan fingerprint density at radius 1 is 1.43 bits per heavy atom. The van der Waals surface area contributed by atoms with Gasteiger partial charge in [0, 0.05) is 17.8 Å². The van der Waals surface area contributed by atoms with Crippen LogP contribution >= 0.6 is 0 Å². The highest BCUT2D eigenvalue weighted by Crippen LogP contribution is 2.27. The van der Waals surface area contributed by atoms with Gasteiger partial charge in [-0.25, -0.2) is 4.98 Å². The molecule has 1 heterocycles. The van der Waals surface area contributed by atoms with Crippen LogP contribution in [0.5, 0.6) is 0 Å². The Labute approximate surface area is 126 Å². The molecule has 0 spiro atoms. The summed E-state index contributed by atoms with van der Waals surface area (Å²) in [7, 11) is 0. The number of nitrogens with zero attached hydrogens (tertiary/aromatic N) is 2. The van der Waals surface area contributed by atoms with Crippen LogP contribution in [-0.2, 0) is 17.6 Å². The van der Waals surface area contributed by atoms with Crippen LogP contribution in [0.1, 0.15) is 64.4 Å². The van der Waals surface area contributed by atoms with Crippen LogP contribution in [0.4, 0.5) is 0 Å². The van der Waals surface area contributed by atoms with Gasteiger partial charge in [0.15, 0.2) is 0 Å². The molecule has 0 fully saturated rings. The first-order valence-electron chi connectivity index (χ1n) is 7.89. The molecule has 5 heteroatoms. The van der Waals surface area contributed by atoms with Crippen molar-refractivity contribution in [3.63, 3.8) is 0 Å². The molecule has 1 aliphatic rings. The quantitative estimate of drug-likeness (QED) is 0.846. The molecule has 2 atom stereocenters. The van der Waals surface area contributed by atoms with Crippen molar-refractivity contribution in [1.29, 1.82) is 0 Å². The lowest BCUT2D eigenvalue weighted by atomic mass is 9.92. The summed E-state index contributed by atoms with van der Waals surface area (Å²) in [5, 5.41) is 12.8. The number of carboxylic acid groups (broad SMARTS) is 1. The lowest BCUT2D eigenvalue weighted by Crippen LogP contribution is -2.53. The molecule has 0 saturated carbocycles. The smallest absolute Gasteiger partial charge is 0.323 e. The second-order valence-electron chi connectivity index (χ2n) is 6.74. The molecule has 0 bridgehead atoms. The molecule has 0 saturated heterocycles. The fourth-order valence-electron chi connectivity index (χ4n) is 3.41. The molecule has 1 aromatic heterocycles. The van der Waals surface area contributed by atoms with E-state index in [4.69, 9.17) is 0 Å². The molecule has 0 aromatic carbocycles. The largest absolute Gasteiger partial charge is 0.480 e. The number of carbonyl (C=O) groups is 1. The highest BCUT2D eigenvalue weighted by Gasteiger charge is 2.36. The van der Waals surface area contributed by atoms with Gasteiger partial charge in [0.2, 0.25) is 0 Å². The van der Waals surface area contributed by atoms with Crippen LogP contribution in [0.15, 0.2) is 6.33 Å². The van der Waals surface area contributed by atoms with E-state index in [1.165, 1.54) is 24.2 Å². The molecule has 2 N–H and O–H groups in total. The minimum Gasteiger partial charge on any atom is -0.480 e. The van der Waals surface area contributed by atoms with Crippen molar-refractivity contribution in [2.24, 2.45) is 0 Å². The predicted molar refractivity (Wildman–Crippen MR) is 82.5 cm³/mol. The van der Waals surface area contributed by atoms with E-state index in [1.54, 1.807) is 6.92 Å². The van der Waals surface area contributed by atoms with E-state index >= 15 is 0 Å². The number of aryl methyl sites for hydroxylation is 1. The van der Waals surface area contributed by atoms with Crippen LogP contribution < -0.4 is 5.32 Å². The summed E-state index contributed by atoms with van der Waals surface area (Å²) in [4.78, 5) is 16.2. The van der Waals surface area contributed by atoms with Gasteiger partial charge in [0.05, 0.1) is 12.0 Å². The fraction of sp³-hybridized carbons (Fsp3) is 0.750. The van der Waals surface area contributed by atoms with Gasteiger partial charge in [-0.2, -0.15) is 0 Å². The monoisotopic (exact) mass is 293 g/mol. The van der Waals surface area contributed by atoms with Crippen molar-refractivity contribution >= 4 is 5.97 Å². The van der Waals surface area contributed by atoms with Crippen LogP contribution in [0.2, 0.25) is 0 Å². The van der Waals surface area contributed by atoms with Gasteiger partial charge in [-0.1, -0.05) is 0 Å². The normalized spacial score (nSPS) is 19.1. The summed E-state index contributed by atoms with van der Waals surface area (Å²) in [6.45, 7) is 7.81. The Morgan fingerprint density at radius 2 is 2.10 bits per heavy atom. The van der Waals surface area contributed by atoms with Crippen molar-refractivity contribution in [3.05, 3.63) is 17.7 Å². The number of rotatable bonds is 6. The number of nitrogens with one attached hydrogen (secondary N) is 1. The number of aromatic nitrogens is 2. The number of aliphatic carboxylic acids is 1. The third kappa shape index (κ3) is 3.46. The Bertz CT molecular complexity index is 510. The molecule has 2 rings (SSSR count). The van der Waals surface area contributed by atoms with E-state index in [-0.39, 0.29) is 12.1 Å². The van der Waals surface area contributed by atoms with E-state index in [9.17, 15) is 9.90 Å². The van der Waals surface area contributed by atoms with Gasteiger partial charge in [0.25, 0.3) is 0 Å². The minimum absolute atomic E-state index is 0.117. The van der Waals surface area contributed by atoms with Gasteiger partial charge in [-0.3, -0.25) is 10.1 Å². The maximum atomic E-state index is 11.7. The summed E-state index contributed by atoms with van der Waals surface area (Å²) >= 11 is 0. The minimum atomic E-state index is -0.917. The molecule has 118 valence electrons. The molecule has 5 nitrogen and oxygen atoms in total. The average molecular weight is 293 g/mol. The molecule has 0 aliphatic heterocycles. The van der Waals surface area contributed by atoms with Crippen molar-refractivity contribution in [2.75, 3.05) is 0 Å². The highest BCUT2D eigenvalue weighted by atomic mass is 16.4. The SMILES string of the molecule is CC(C)NC(C)(CC(C)n1cnc2c1CCCC2)C(=O)O. The van der Waals surface area contributed by atoms with E-state index in [0.717, 1.165) is 12.8 Å². The van der Waals surface area contributed by atoms with Gasteiger partial charge in [-0.15, -0.1) is 0 Å². The molecule has 1 aromatic rings. The first-order chi connectivity index (χ1) is 9.83. The van der Waals surface area contributed by atoms with Crippen molar-refractivity contribution in [1.82, 2.24) is 14.9 Å². The summed E-state index contributed by atoms with van der Waals surface area (Å²) in [5.41, 5.74) is 1.58. The standard InChI is InChI=1S/C16H27N3O2/c1-11(2)18-16(4,15(20)21)9-12(3)19-10-17-13-7-5-6-8-14(13)19/h10-12,18H,5-9H2,1-4H3,(H,20,21). The molecule has 0 radical (unpaired) electrons. The Morgan fingerprint density at radius 3 is 2.71 bits per heavy atom. The molecule has 0 amide bonds. The Kier molecular flexibility index (Phi) is 4.71. The summed E-state index contributed by atoms with van der Waals surface area (Å²) in [6.07, 6.45) is 6.95. The number of imidazole rings is 1. The predicted octanol–water partition coefficient (Wildman–Crippen LogP) is 2.55. The number of hydrogen-bond donors (Lipinski definition) is 2. The highest BCUT2D eigenvalue weighted by molar-refractivity contribution is 5.78. The van der Waals surface area contributed by atoms with Gasteiger partial charge in [0.1, 0.15) is 5.54 Å². The van der Waals surface area contributed by atoms with E-state index < -0.39 is 11.5 Å². The fourth-order valence-corrected chi connectivity index (χ4v) is 3.41. The lowest BCUT2D eigenvalue weighted by Gasteiger charge is -2.32. The second kappa shape index (κ2) is 6.18. The van der Waals surface area contributed by atoms with Crippen LogP contribution in [0.3, 0.4) is 0 Å². The third-order valence-corrected chi connectivity index (χ3v) is 4.32. The lowest BCUT2D eigenvalue weighted by molar-refractivity contribution is -0.145. The maximum absolute atomic E-state index is 11.7. The second-order valence-corrected chi connectivity index (χ2v) is 6.74. The van der Waals surface area contributed by atoms with E-state index in [2.05, 4.69) is 21.8 Å². The number of carboxylic acids is 1. The molecule has 1 aliphatic carbocycles. The van der Waals surface area contributed by atoms with Crippen LogP contribution in [0, 0.1) is 0 Å². The van der Waals surface area contributed by atoms with E-state index in [0.29, 0.717) is 6.42 Å². The van der Waals surface area contributed by atoms with Crippen LogP contribution in [-0.4, -0.2) is 32.2 Å². The summed E-state index contributed by atoms with van der Waals surface area (Å²) in [6, 6.07) is 0.252. The molecular weight excluding hydrogens is 266 g/mol. The van der Waals surface area contributed by atoms with Gasteiger partial charge < -0.3 is 9.67 Å². The summed E-state index contributed by atoms with van der Waals surface area (Å²) < 4.78 is 2.18. The first-order valence-corrected chi connectivity index (χ1v) is 7.89. The zero-order chi connectivity index (χ0) is 15.6. The Hall–Kier alpha value is -1.36. The Balaban J connectivity index is 2.17. The summed E-state index contributed by atoms with van der Waals surface area (Å²) in [5.74, 6) is -0.794. The van der Waals surface area contributed by atoms with E-state index in [1.807, 2.05) is 20.2 Å². The van der Waals surface area contributed by atoms with Crippen LogP contribution in [0.25, 0.3) is 0 Å². The average Bonchev–Trinajstić information content (AvgIpc) is 2.81. The third-order valence-electron chi connectivity index (χ3n) is 4.32. The van der Waals surface area contributed by atoms with Gasteiger partial charge in [-0.05, 0) is 59.8 Å². The zero-order valence-electron chi connectivity index (χ0n) is 13.5. The number of hydrogen-bond acceptors (Lipinski definition) is 3. The topological polar surface area (TPSA) is 67.2 Å². The molecular formula is C16H27N3O2. The molecule has 2 unspecified atom stereocenters. The first kappa shape index (κ1) is 16.0. The number of fused-ring (bicyclic) bond motifs is 1. The van der Waals surface area contributed by atoms with Crippen molar-refractivity contribution in [2.45, 2.75) is 77.4 Å². The molecule has 21 heavy (non-hydrogen) atoms. The zero-order valence-corrected chi connectivity index (χ0v) is 13.5. The van der Waals surface area contributed by atoms with Crippen molar-refractivity contribution in [3.8, 4) is 0 Å². The van der Waals surface area contributed by atoms with Crippen molar-refractivity contribution < 1.29 is 9.90 Å². The maximum Gasteiger partial charge on any atom is 0.323 e.